The smallest absolute Gasteiger partial charge is 0.347 e. The molecule has 0 saturated carbocycles. The van der Waals surface area contributed by atoms with Gasteiger partial charge in [0, 0.05) is 17.2 Å². The standard InChI is InChI=1S/C23H22O5/c1-25-22-18-12-6-5-11-17(18)20(28-21-13-7-8-14-26-21)15-19(22)23(24)27-16-9-3-2-4-10-16/h2-6,9-12,15,21H,7-8,13-14H2,1H3. The van der Waals surface area contributed by atoms with Crippen molar-refractivity contribution in [3.05, 3.63) is 66.2 Å². The lowest BCUT2D eigenvalue weighted by Gasteiger charge is -2.25. The van der Waals surface area contributed by atoms with E-state index in [0.717, 1.165) is 30.0 Å². The molecule has 1 unspecified atom stereocenters. The Morgan fingerprint density at radius 2 is 1.75 bits per heavy atom. The van der Waals surface area contributed by atoms with E-state index in [9.17, 15) is 4.79 Å². The van der Waals surface area contributed by atoms with Gasteiger partial charge in [0.15, 0.2) is 6.29 Å². The molecule has 0 radical (unpaired) electrons. The summed E-state index contributed by atoms with van der Waals surface area (Å²) in [7, 11) is 1.55. The topological polar surface area (TPSA) is 54.0 Å². The largest absolute Gasteiger partial charge is 0.495 e. The monoisotopic (exact) mass is 378 g/mol. The molecule has 1 heterocycles. The van der Waals surface area contributed by atoms with Crippen LogP contribution in [0.3, 0.4) is 0 Å². The Kier molecular flexibility index (Phi) is 5.44. The number of ether oxygens (including phenoxy) is 4. The highest BCUT2D eigenvalue weighted by atomic mass is 16.7. The lowest BCUT2D eigenvalue weighted by atomic mass is 10.0. The van der Waals surface area contributed by atoms with Gasteiger partial charge in [0.1, 0.15) is 22.8 Å². The Labute approximate surface area is 163 Å². The van der Waals surface area contributed by atoms with E-state index in [-0.39, 0.29) is 6.29 Å². The molecule has 0 aliphatic carbocycles. The van der Waals surface area contributed by atoms with Crippen LogP contribution in [0.5, 0.6) is 17.2 Å². The first kappa shape index (κ1) is 18.3. The van der Waals surface area contributed by atoms with Crippen LogP contribution in [0.25, 0.3) is 10.8 Å². The molecule has 3 aromatic rings. The van der Waals surface area contributed by atoms with E-state index in [1.165, 1.54) is 0 Å². The fraction of sp³-hybridized carbons (Fsp3) is 0.261. The Morgan fingerprint density at radius 1 is 1.00 bits per heavy atom. The third-order valence-corrected chi connectivity index (χ3v) is 4.73. The highest BCUT2D eigenvalue weighted by molar-refractivity contribution is 6.04. The fourth-order valence-electron chi connectivity index (χ4n) is 3.38. The summed E-state index contributed by atoms with van der Waals surface area (Å²) in [6.07, 6.45) is 2.60. The van der Waals surface area contributed by atoms with Crippen molar-refractivity contribution >= 4 is 16.7 Å². The average Bonchev–Trinajstić information content (AvgIpc) is 2.75. The minimum absolute atomic E-state index is 0.316. The van der Waals surface area contributed by atoms with E-state index in [1.54, 1.807) is 25.3 Å². The van der Waals surface area contributed by atoms with Gasteiger partial charge in [-0.25, -0.2) is 4.79 Å². The third-order valence-electron chi connectivity index (χ3n) is 4.73. The molecule has 28 heavy (non-hydrogen) atoms. The molecule has 0 spiro atoms. The van der Waals surface area contributed by atoms with Crippen molar-refractivity contribution in [3.8, 4) is 17.2 Å². The Morgan fingerprint density at radius 3 is 2.46 bits per heavy atom. The van der Waals surface area contributed by atoms with Gasteiger partial charge in [-0.2, -0.15) is 0 Å². The lowest BCUT2D eigenvalue weighted by molar-refractivity contribution is -0.105. The second kappa shape index (κ2) is 8.31. The van der Waals surface area contributed by atoms with Crippen molar-refractivity contribution in [2.24, 2.45) is 0 Å². The molecule has 1 aliphatic rings. The summed E-state index contributed by atoms with van der Waals surface area (Å²) in [5.41, 5.74) is 0.316. The van der Waals surface area contributed by atoms with Crippen LogP contribution in [0, 0.1) is 0 Å². The number of para-hydroxylation sites is 1. The number of rotatable bonds is 5. The van der Waals surface area contributed by atoms with Crippen LogP contribution < -0.4 is 14.2 Å². The van der Waals surface area contributed by atoms with Crippen molar-refractivity contribution in [1.82, 2.24) is 0 Å². The van der Waals surface area contributed by atoms with Crippen LogP contribution in [-0.2, 0) is 4.74 Å². The summed E-state index contributed by atoms with van der Waals surface area (Å²) >= 11 is 0. The molecule has 1 fully saturated rings. The normalized spacial score (nSPS) is 16.5. The lowest BCUT2D eigenvalue weighted by Crippen LogP contribution is -2.25. The minimum Gasteiger partial charge on any atom is -0.495 e. The van der Waals surface area contributed by atoms with Crippen LogP contribution in [0.2, 0.25) is 0 Å². The molecular formula is C23H22O5. The number of carbonyl (C=O) groups excluding carboxylic acids is 1. The summed E-state index contributed by atoms with van der Waals surface area (Å²) in [5, 5.41) is 1.66. The Hall–Kier alpha value is -3.05. The molecule has 5 nitrogen and oxygen atoms in total. The number of carbonyl (C=O) groups is 1. The van der Waals surface area contributed by atoms with Crippen LogP contribution in [-0.4, -0.2) is 26.0 Å². The SMILES string of the molecule is COc1c(C(=O)Oc2ccccc2)cc(OC2CCCCO2)c2ccccc12. The van der Waals surface area contributed by atoms with E-state index in [0.29, 0.717) is 29.4 Å². The zero-order valence-electron chi connectivity index (χ0n) is 15.7. The minimum atomic E-state index is -0.497. The number of methoxy groups -OCH3 is 1. The van der Waals surface area contributed by atoms with Crippen molar-refractivity contribution in [2.75, 3.05) is 13.7 Å². The maximum atomic E-state index is 12.9. The molecular weight excluding hydrogens is 356 g/mol. The van der Waals surface area contributed by atoms with Crippen LogP contribution >= 0.6 is 0 Å². The fourth-order valence-corrected chi connectivity index (χ4v) is 3.38. The molecule has 1 aliphatic heterocycles. The molecule has 4 rings (SSSR count). The second-order valence-electron chi connectivity index (χ2n) is 6.62. The van der Waals surface area contributed by atoms with Gasteiger partial charge in [-0.15, -0.1) is 0 Å². The highest BCUT2D eigenvalue weighted by Gasteiger charge is 2.23. The molecule has 0 aromatic heterocycles. The molecule has 0 bridgehead atoms. The van der Waals surface area contributed by atoms with Crippen molar-refractivity contribution < 1.29 is 23.7 Å². The molecule has 1 atom stereocenters. The van der Waals surface area contributed by atoms with Crippen molar-refractivity contribution in [1.29, 1.82) is 0 Å². The molecule has 144 valence electrons. The first-order valence-corrected chi connectivity index (χ1v) is 9.41. The van der Waals surface area contributed by atoms with Gasteiger partial charge in [0.25, 0.3) is 0 Å². The Balaban J connectivity index is 1.75. The van der Waals surface area contributed by atoms with Gasteiger partial charge in [-0.05, 0) is 31.0 Å². The van der Waals surface area contributed by atoms with Gasteiger partial charge >= 0.3 is 5.97 Å². The summed E-state index contributed by atoms with van der Waals surface area (Å²) < 4.78 is 22.9. The quantitative estimate of drug-likeness (QED) is 0.463. The first-order valence-electron chi connectivity index (χ1n) is 9.41. The van der Waals surface area contributed by atoms with Crippen molar-refractivity contribution in [3.63, 3.8) is 0 Å². The average molecular weight is 378 g/mol. The maximum absolute atomic E-state index is 12.9. The summed E-state index contributed by atoms with van der Waals surface area (Å²) in [6, 6.07) is 18.3. The van der Waals surface area contributed by atoms with Crippen LogP contribution in [0.1, 0.15) is 29.6 Å². The predicted molar refractivity (Wildman–Crippen MR) is 106 cm³/mol. The number of fused-ring (bicyclic) bond motifs is 1. The van der Waals surface area contributed by atoms with Gasteiger partial charge in [-0.1, -0.05) is 42.5 Å². The number of benzene rings is 3. The van der Waals surface area contributed by atoms with Crippen molar-refractivity contribution in [2.45, 2.75) is 25.6 Å². The zero-order valence-corrected chi connectivity index (χ0v) is 15.7. The predicted octanol–water partition coefficient (Wildman–Crippen LogP) is 4.97. The van der Waals surface area contributed by atoms with Gasteiger partial charge in [-0.3, -0.25) is 0 Å². The van der Waals surface area contributed by atoms with E-state index in [1.807, 2.05) is 42.5 Å². The molecule has 0 N–H and O–H groups in total. The summed E-state index contributed by atoms with van der Waals surface area (Å²) in [4.78, 5) is 12.9. The highest BCUT2D eigenvalue weighted by Crippen LogP contribution is 2.38. The molecule has 5 heteroatoms. The van der Waals surface area contributed by atoms with Gasteiger partial charge in [0.05, 0.1) is 13.7 Å². The second-order valence-corrected chi connectivity index (χ2v) is 6.62. The van der Waals surface area contributed by atoms with E-state index < -0.39 is 5.97 Å². The third kappa shape index (κ3) is 3.80. The molecule has 0 amide bonds. The molecule has 1 saturated heterocycles. The maximum Gasteiger partial charge on any atom is 0.347 e. The molecule has 3 aromatic carbocycles. The summed E-state index contributed by atoms with van der Waals surface area (Å²) in [6.45, 7) is 0.682. The Bertz CT molecular complexity index is 961. The van der Waals surface area contributed by atoms with E-state index in [4.69, 9.17) is 18.9 Å². The number of hydrogen-bond acceptors (Lipinski definition) is 5. The van der Waals surface area contributed by atoms with Crippen LogP contribution in [0.15, 0.2) is 60.7 Å². The van der Waals surface area contributed by atoms with E-state index in [2.05, 4.69) is 0 Å². The zero-order chi connectivity index (χ0) is 19.3. The first-order chi connectivity index (χ1) is 13.8. The number of esters is 1. The van der Waals surface area contributed by atoms with E-state index >= 15 is 0 Å². The summed E-state index contributed by atoms with van der Waals surface area (Å²) in [5.74, 6) is 1.03. The van der Waals surface area contributed by atoms with Gasteiger partial charge < -0.3 is 18.9 Å². The van der Waals surface area contributed by atoms with Crippen LogP contribution in [0.4, 0.5) is 0 Å². The van der Waals surface area contributed by atoms with Gasteiger partial charge in [0.2, 0.25) is 0 Å². The number of hydrogen-bond donors (Lipinski definition) is 0.